The third-order valence-corrected chi connectivity index (χ3v) is 4.27. The van der Waals surface area contributed by atoms with Gasteiger partial charge in [-0.05, 0) is 46.1 Å². The van der Waals surface area contributed by atoms with Crippen molar-refractivity contribution in [1.29, 1.82) is 0 Å². The number of likely N-dealkylation sites (tertiary alicyclic amines) is 1. The smallest absolute Gasteiger partial charge is 0.410 e. The SMILES string of the molecule is CCN(C(=O)OC(C)(C)C)C1CCCN(C(=O)OCc2ccccc2)C1. The van der Waals surface area contributed by atoms with Crippen molar-refractivity contribution in [1.82, 2.24) is 9.80 Å². The highest BCUT2D eigenvalue weighted by molar-refractivity contribution is 5.70. The van der Waals surface area contributed by atoms with Gasteiger partial charge in [-0.3, -0.25) is 0 Å². The van der Waals surface area contributed by atoms with Gasteiger partial charge in [0.15, 0.2) is 0 Å². The van der Waals surface area contributed by atoms with Crippen LogP contribution in [0.25, 0.3) is 0 Å². The molecule has 0 aromatic heterocycles. The minimum absolute atomic E-state index is 0.0483. The molecule has 1 aliphatic heterocycles. The van der Waals surface area contributed by atoms with Crippen molar-refractivity contribution in [3.05, 3.63) is 35.9 Å². The number of carbonyl (C=O) groups is 2. The molecule has 2 amide bonds. The van der Waals surface area contributed by atoms with Crippen LogP contribution in [0.1, 0.15) is 46.1 Å². The van der Waals surface area contributed by atoms with Crippen LogP contribution in [-0.4, -0.2) is 53.3 Å². The maximum Gasteiger partial charge on any atom is 0.410 e. The van der Waals surface area contributed by atoms with Crippen LogP contribution in [0.3, 0.4) is 0 Å². The number of carbonyl (C=O) groups excluding carboxylic acids is 2. The third-order valence-electron chi connectivity index (χ3n) is 4.27. The van der Waals surface area contributed by atoms with Crippen LogP contribution in [0.5, 0.6) is 0 Å². The van der Waals surface area contributed by atoms with E-state index in [1.807, 2.05) is 58.0 Å². The quantitative estimate of drug-likeness (QED) is 0.811. The summed E-state index contributed by atoms with van der Waals surface area (Å²) in [7, 11) is 0. The zero-order valence-corrected chi connectivity index (χ0v) is 16.2. The molecule has 6 heteroatoms. The third kappa shape index (κ3) is 5.93. The van der Waals surface area contributed by atoms with Crippen molar-refractivity contribution in [2.45, 2.75) is 58.8 Å². The van der Waals surface area contributed by atoms with Crippen LogP contribution in [-0.2, 0) is 16.1 Å². The number of likely N-dealkylation sites (N-methyl/N-ethyl adjacent to an activating group) is 1. The molecule has 1 saturated heterocycles. The van der Waals surface area contributed by atoms with Gasteiger partial charge in [-0.15, -0.1) is 0 Å². The van der Waals surface area contributed by atoms with Crippen LogP contribution < -0.4 is 0 Å². The second-order valence-electron chi connectivity index (χ2n) is 7.55. The van der Waals surface area contributed by atoms with Crippen molar-refractivity contribution < 1.29 is 19.1 Å². The summed E-state index contributed by atoms with van der Waals surface area (Å²) in [5.74, 6) is 0. The molecule has 1 heterocycles. The van der Waals surface area contributed by atoms with Crippen molar-refractivity contribution >= 4 is 12.2 Å². The maximum atomic E-state index is 12.4. The number of hydrogen-bond donors (Lipinski definition) is 0. The van der Waals surface area contributed by atoms with Crippen molar-refractivity contribution in [2.75, 3.05) is 19.6 Å². The van der Waals surface area contributed by atoms with E-state index in [0.29, 0.717) is 19.6 Å². The van der Waals surface area contributed by atoms with E-state index in [1.165, 1.54) is 0 Å². The molecular formula is C20H30N2O4. The average molecular weight is 362 g/mol. The van der Waals surface area contributed by atoms with E-state index in [9.17, 15) is 9.59 Å². The molecule has 2 rings (SSSR count). The number of ether oxygens (including phenoxy) is 2. The van der Waals surface area contributed by atoms with Gasteiger partial charge in [0.25, 0.3) is 0 Å². The predicted octanol–water partition coefficient (Wildman–Crippen LogP) is 4.04. The van der Waals surface area contributed by atoms with Gasteiger partial charge in [0.05, 0.1) is 6.04 Å². The van der Waals surface area contributed by atoms with Crippen LogP contribution >= 0.6 is 0 Å². The Morgan fingerprint density at radius 2 is 1.92 bits per heavy atom. The van der Waals surface area contributed by atoms with E-state index in [-0.39, 0.29) is 24.8 Å². The number of amides is 2. The first-order chi connectivity index (χ1) is 12.3. The molecule has 0 radical (unpaired) electrons. The highest BCUT2D eigenvalue weighted by Gasteiger charge is 2.32. The van der Waals surface area contributed by atoms with Crippen molar-refractivity contribution in [3.63, 3.8) is 0 Å². The summed E-state index contributed by atoms with van der Waals surface area (Å²) in [6.45, 7) is 9.41. The van der Waals surface area contributed by atoms with Gasteiger partial charge in [-0.25, -0.2) is 9.59 Å². The molecule has 6 nitrogen and oxygen atoms in total. The second-order valence-corrected chi connectivity index (χ2v) is 7.55. The standard InChI is InChI=1S/C20H30N2O4/c1-5-22(19(24)26-20(2,3)4)17-12-9-13-21(14-17)18(23)25-15-16-10-7-6-8-11-16/h6-8,10-11,17H,5,9,12-15H2,1-4H3. The topological polar surface area (TPSA) is 59.1 Å². The summed E-state index contributed by atoms with van der Waals surface area (Å²) in [6, 6.07) is 9.56. The van der Waals surface area contributed by atoms with Gasteiger partial charge >= 0.3 is 12.2 Å². The average Bonchev–Trinajstić information content (AvgIpc) is 2.60. The minimum Gasteiger partial charge on any atom is -0.445 e. The number of nitrogens with zero attached hydrogens (tertiary/aromatic N) is 2. The second kappa shape index (κ2) is 8.92. The number of hydrogen-bond acceptors (Lipinski definition) is 4. The Hall–Kier alpha value is -2.24. The monoisotopic (exact) mass is 362 g/mol. The highest BCUT2D eigenvalue weighted by Crippen LogP contribution is 2.20. The summed E-state index contributed by atoms with van der Waals surface area (Å²) < 4.78 is 10.9. The van der Waals surface area contributed by atoms with Crippen LogP contribution in [0.15, 0.2) is 30.3 Å². The van der Waals surface area contributed by atoms with E-state index in [4.69, 9.17) is 9.47 Å². The summed E-state index contributed by atoms with van der Waals surface area (Å²) >= 11 is 0. The van der Waals surface area contributed by atoms with E-state index >= 15 is 0 Å². The minimum atomic E-state index is -0.534. The molecule has 1 atom stereocenters. The number of benzene rings is 1. The van der Waals surface area contributed by atoms with Crippen molar-refractivity contribution in [2.24, 2.45) is 0 Å². The molecule has 0 bridgehead atoms. The van der Waals surface area contributed by atoms with E-state index < -0.39 is 5.60 Å². The lowest BCUT2D eigenvalue weighted by Crippen LogP contribution is -2.52. The number of rotatable bonds is 4. The van der Waals surface area contributed by atoms with Gasteiger partial charge < -0.3 is 19.3 Å². The Morgan fingerprint density at radius 1 is 1.23 bits per heavy atom. The Balaban J connectivity index is 1.92. The normalized spacial score (nSPS) is 17.5. The van der Waals surface area contributed by atoms with Gasteiger partial charge in [-0.2, -0.15) is 0 Å². The van der Waals surface area contributed by atoms with Crippen molar-refractivity contribution in [3.8, 4) is 0 Å². The molecule has 0 saturated carbocycles. The molecule has 1 aromatic carbocycles. The van der Waals surface area contributed by atoms with Crippen LogP contribution in [0.2, 0.25) is 0 Å². The Kier molecular flexibility index (Phi) is 6.89. The zero-order chi connectivity index (χ0) is 19.2. The molecule has 0 aliphatic carbocycles. The Morgan fingerprint density at radius 3 is 2.54 bits per heavy atom. The Labute approximate surface area is 156 Å². The molecule has 1 unspecified atom stereocenters. The van der Waals surface area contributed by atoms with Crippen LogP contribution in [0, 0.1) is 0 Å². The predicted molar refractivity (Wildman–Crippen MR) is 99.8 cm³/mol. The largest absolute Gasteiger partial charge is 0.445 e. The summed E-state index contributed by atoms with van der Waals surface area (Å²) in [5.41, 5.74) is 0.423. The first-order valence-corrected chi connectivity index (χ1v) is 9.25. The van der Waals surface area contributed by atoms with Gasteiger partial charge in [-0.1, -0.05) is 30.3 Å². The fraction of sp³-hybridized carbons (Fsp3) is 0.600. The van der Waals surface area contributed by atoms with E-state index in [0.717, 1.165) is 18.4 Å². The van der Waals surface area contributed by atoms with Gasteiger partial charge in [0.1, 0.15) is 12.2 Å². The first-order valence-electron chi connectivity index (χ1n) is 9.25. The molecular weight excluding hydrogens is 332 g/mol. The van der Waals surface area contributed by atoms with Crippen LogP contribution in [0.4, 0.5) is 9.59 Å². The lowest BCUT2D eigenvalue weighted by Gasteiger charge is -2.38. The lowest BCUT2D eigenvalue weighted by atomic mass is 10.0. The molecule has 1 fully saturated rings. The Bertz CT molecular complexity index is 598. The highest BCUT2D eigenvalue weighted by atomic mass is 16.6. The summed E-state index contributed by atoms with van der Waals surface area (Å²) in [5, 5.41) is 0. The fourth-order valence-electron chi connectivity index (χ4n) is 3.04. The van der Waals surface area contributed by atoms with Gasteiger partial charge in [0, 0.05) is 19.6 Å². The maximum absolute atomic E-state index is 12.4. The lowest BCUT2D eigenvalue weighted by molar-refractivity contribution is 0.00624. The number of piperidine rings is 1. The molecule has 1 aliphatic rings. The molecule has 0 N–H and O–H groups in total. The molecule has 0 spiro atoms. The zero-order valence-electron chi connectivity index (χ0n) is 16.2. The van der Waals surface area contributed by atoms with Gasteiger partial charge in [0.2, 0.25) is 0 Å². The van der Waals surface area contributed by atoms with E-state index in [1.54, 1.807) is 9.80 Å². The van der Waals surface area contributed by atoms with E-state index in [2.05, 4.69) is 0 Å². The fourth-order valence-corrected chi connectivity index (χ4v) is 3.04. The molecule has 26 heavy (non-hydrogen) atoms. The first kappa shape index (κ1) is 20.1. The summed E-state index contributed by atoms with van der Waals surface area (Å²) in [6.07, 6.45) is 1.03. The molecule has 1 aromatic rings. The molecule has 144 valence electrons. The summed E-state index contributed by atoms with van der Waals surface area (Å²) in [4.78, 5) is 28.2.